The molecule has 1 aromatic heterocycles. The molecule has 5 rings (SSSR count). The summed E-state index contributed by atoms with van der Waals surface area (Å²) in [4.78, 5) is 14.7. The van der Waals surface area contributed by atoms with Crippen LogP contribution in [-0.2, 0) is 10.0 Å². The molecule has 0 unspecified atom stereocenters. The molecule has 1 fully saturated rings. The second-order valence-corrected chi connectivity index (χ2v) is 9.88. The summed E-state index contributed by atoms with van der Waals surface area (Å²) in [5.41, 5.74) is 7.84. The van der Waals surface area contributed by atoms with Gasteiger partial charge < -0.3 is 15.1 Å². The largest absolute Gasteiger partial charge is 0.456 e. The van der Waals surface area contributed by atoms with E-state index in [1.165, 1.54) is 4.31 Å². The van der Waals surface area contributed by atoms with E-state index in [1.54, 1.807) is 47.4 Å². The maximum atomic E-state index is 13.3. The van der Waals surface area contributed by atoms with E-state index in [0.29, 0.717) is 35.4 Å². The van der Waals surface area contributed by atoms with E-state index in [-0.39, 0.29) is 29.7 Å². The molecule has 0 saturated carbocycles. The van der Waals surface area contributed by atoms with E-state index in [2.05, 4.69) is 0 Å². The number of piperazine rings is 1. The quantitative estimate of drug-likeness (QED) is 0.357. The predicted octanol–water partition coefficient (Wildman–Crippen LogP) is 3.02. The van der Waals surface area contributed by atoms with Crippen molar-refractivity contribution in [2.24, 2.45) is 5.73 Å². The normalized spacial score (nSPS) is 15.2. The van der Waals surface area contributed by atoms with Crippen LogP contribution in [0.25, 0.3) is 21.9 Å². The standard InChI is InChI=1S/C24H22N4O4S/c25-23(26)16-5-7-17(8-6-16)24(29)27-11-13-28(14-12-27)33(30,31)18-9-10-22-20(15-18)19-3-1-2-4-21(19)32-22/h1-10,15H,11-14H2,(H3,25,26). The van der Waals surface area contributed by atoms with Gasteiger partial charge in [-0.05, 0) is 36.4 Å². The Morgan fingerprint density at radius 3 is 2.18 bits per heavy atom. The van der Waals surface area contributed by atoms with Crippen LogP contribution < -0.4 is 5.73 Å². The average Bonchev–Trinajstić information content (AvgIpc) is 3.22. The van der Waals surface area contributed by atoms with E-state index in [9.17, 15) is 13.2 Å². The van der Waals surface area contributed by atoms with Gasteiger partial charge >= 0.3 is 0 Å². The minimum atomic E-state index is -3.71. The highest BCUT2D eigenvalue weighted by molar-refractivity contribution is 7.89. The number of sulfonamides is 1. The number of benzene rings is 3. The molecule has 3 aromatic carbocycles. The van der Waals surface area contributed by atoms with E-state index >= 15 is 0 Å². The number of nitrogens with two attached hydrogens (primary N) is 1. The number of amidine groups is 1. The number of amides is 1. The molecule has 1 aliphatic rings. The highest BCUT2D eigenvalue weighted by Crippen LogP contribution is 2.31. The fourth-order valence-corrected chi connectivity index (χ4v) is 5.57. The van der Waals surface area contributed by atoms with Crippen LogP contribution in [0.1, 0.15) is 15.9 Å². The van der Waals surface area contributed by atoms with Crippen molar-refractivity contribution < 1.29 is 17.6 Å². The minimum Gasteiger partial charge on any atom is -0.456 e. The molecule has 3 N–H and O–H groups in total. The van der Waals surface area contributed by atoms with Gasteiger partial charge in [0.25, 0.3) is 5.91 Å². The molecule has 0 atom stereocenters. The van der Waals surface area contributed by atoms with E-state index in [1.807, 2.05) is 24.3 Å². The van der Waals surface area contributed by atoms with Crippen molar-refractivity contribution in [1.82, 2.24) is 9.21 Å². The monoisotopic (exact) mass is 462 g/mol. The minimum absolute atomic E-state index is 0.0607. The smallest absolute Gasteiger partial charge is 0.253 e. The van der Waals surface area contributed by atoms with Gasteiger partial charge in [0.1, 0.15) is 17.0 Å². The van der Waals surface area contributed by atoms with Crippen LogP contribution >= 0.6 is 0 Å². The fraction of sp³-hybridized carbons (Fsp3) is 0.167. The number of nitrogen functional groups attached to an aromatic ring is 1. The third-order valence-corrected chi connectivity index (χ3v) is 7.85. The molecule has 168 valence electrons. The molecule has 0 spiro atoms. The third-order valence-electron chi connectivity index (χ3n) is 5.95. The van der Waals surface area contributed by atoms with Gasteiger partial charge in [-0.15, -0.1) is 0 Å². The van der Waals surface area contributed by atoms with Crippen LogP contribution in [0.2, 0.25) is 0 Å². The maximum Gasteiger partial charge on any atom is 0.253 e. The molecule has 1 amide bonds. The third kappa shape index (κ3) is 3.75. The molecule has 4 aromatic rings. The number of furan rings is 1. The Labute approximate surface area is 190 Å². The molecule has 0 bridgehead atoms. The van der Waals surface area contributed by atoms with Crippen LogP contribution in [0.4, 0.5) is 0 Å². The molecule has 1 saturated heterocycles. The summed E-state index contributed by atoms with van der Waals surface area (Å²) in [6, 6.07) is 19.0. The number of hydrogen-bond donors (Lipinski definition) is 2. The highest BCUT2D eigenvalue weighted by atomic mass is 32.2. The van der Waals surface area contributed by atoms with Gasteiger partial charge in [-0.3, -0.25) is 10.2 Å². The van der Waals surface area contributed by atoms with Crippen LogP contribution in [0.15, 0.2) is 76.0 Å². The Bertz CT molecular complexity index is 1480. The zero-order chi connectivity index (χ0) is 23.2. The Morgan fingerprint density at radius 1 is 0.848 bits per heavy atom. The zero-order valence-electron chi connectivity index (χ0n) is 17.7. The van der Waals surface area contributed by atoms with Crippen LogP contribution in [-0.4, -0.2) is 55.5 Å². The lowest BCUT2D eigenvalue weighted by atomic mass is 10.1. The fourth-order valence-electron chi connectivity index (χ4n) is 4.12. The topological polar surface area (TPSA) is 121 Å². The second kappa shape index (κ2) is 8.02. The van der Waals surface area contributed by atoms with Crippen molar-refractivity contribution in [1.29, 1.82) is 5.41 Å². The molecule has 9 heteroatoms. The molecule has 33 heavy (non-hydrogen) atoms. The lowest BCUT2D eigenvalue weighted by Crippen LogP contribution is -2.50. The predicted molar refractivity (Wildman–Crippen MR) is 126 cm³/mol. The van der Waals surface area contributed by atoms with Gasteiger partial charge in [-0.25, -0.2) is 8.42 Å². The van der Waals surface area contributed by atoms with Gasteiger partial charge in [0.05, 0.1) is 4.90 Å². The first-order valence-electron chi connectivity index (χ1n) is 10.5. The van der Waals surface area contributed by atoms with Crippen molar-refractivity contribution in [2.75, 3.05) is 26.2 Å². The van der Waals surface area contributed by atoms with Crippen molar-refractivity contribution in [2.45, 2.75) is 4.90 Å². The Kier molecular flexibility index (Phi) is 5.15. The van der Waals surface area contributed by atoms with Crippen molar-refractivity contribution >= 4 is 43.7 Å². The number of nitrogens with one attached hydrogen (secondary N) is 1. The van der Waals surface area contributed by atoms with Crippen molar-refractivity contribution in [3.63, 3.8) is 0 Å². The molecule has 8 nitrogen and oxygen atoms in total. The number of rotatable bonds is 4. The molecular weight excluding hydrogens is 440 g/mol. The number of nitrogens with zero attached hydrogens (tertiary/aromatic N) is 2. The Balaban J connectivity index is 1.33. The van der Waals surface area contributed by atoms with Crippen LogP contribution in [0.3, 0.4) is 0 Å². The first-order chi connectivity index (χ1) is 15.8. The Hall–Kier alpha value is -3.69. The summed E-state index contributed by atoms with van der Waals surface area (Å²) in [5, 5.41) is 9.08. The molecule has 0 aliphatic carbocycles. The zero-order valence-corrected chi connectivity index (χ0v) is 18.5. The lowest BCUT2D eigenvalue weighted by molar-refractivity contribution is 0.0698. The average molecular weight is 463 g/mol. The summed E-state index contributed by atoms with van der Waals surface area (Å²) < 4.78 is 33.8. The van der Waals surface area contributed by atoms with Gasteiger partial charge in [0.2, 0.25) is 10.0 Å². The molecule has 0 radical (unpaired) electrons. The van der Waals surface area contributed by atoms with Crippen molar-refractivity contribution in [3.05, 3.63) is 77.9 Å². The maximum absolute atomic E-state index is 13.3. The first-order valence-corrected chi connectivity index (χ1v) is 11.9. The van der Waals surface area contributed by atoms with Gasteiger partial charge in [0, 0.05) is 48.1 Å². The summed E-state index contributed by atoms with van der Waals surface area (Å²) in [6.07, 6.45) is 0. The van der Waals surface area contributed by atoms with E-state index in [4.69, 9.17) is 15.6 Å². The molecule has 1 aliphatic heterocycles. The second-order valence-electron chi connectivity index (χ2n) is 7.94. The van der Waals surface area contributed by atoms with Gasteiger partial charge in [0.15, 0.2) is 0 Å². The number of carbonyl (C=O) groups is 1. The van der Waals surface area contributed by atoms with E-state index < -0.39 is 10.0 Å². The highest BCUT2D eigenvalue weighted by Gasteiger charge is 2.31. The number of fused-ring (bicyclic) bond motifs is 3. The number of para-hydroxylation sites is 1. The Morgan fingerprint density at radius 2 is 1.48 bits per heavy atom. The molecule has 2 heterocycles. The number of hydrogen-bond acceptors (Lipinski definition) is 5. The summed E-state index contributed by atoms with van der Waals surface area (Å²) in [5.74, 6) is -0.233. The van der Waals surface area contributed by atoms with Crippen molar-refractivity contribution in [3.8, 4) is 0 Å². The van der Waals surface area contributed by atoms with Gasteiger partial charge in [-0.1, -0.05) is 30.3 Å². The SMILES string of the molecule is N=C(N)c1ccc(C(=O)N2CCN(S(=O)(=O)c3ccc4oc5ccccc5c4c3)CC2)cc1. The van der Waals surface area contributed by atoms with E-state index in [0.717, 1.165) is 10.8 Å². The van der Waals surface area contributed by atoms with Gasteiger partial charge in [-0.2, -0.15) is 4.31 Å². The number of carbonyl (C=O) groups excluding carboxylic acids is 1. The van der Waals surface area contributed by atoms with Crippen LogP contribution in [0.5, 0.6) is 0 Å². The summed E-state index contributed by atoms with van der Waals surface area (Å²) in [6.45, 7) is 1.01. The lowest BCUT2D eigenvalue weighted by Gasteiger charge is -2.34. The summed E-state index contributed by atoms with van der Waals surface area (Å²) in [7, 11) is -3.71. The molecular formula is C24H22N4O4S. The summed E-state index contributed by atoms with van der Waals surface area (Å²) >= 11 is 0. The first kappa shape index (κ1) is 21.2. The van der Waals surface area contributed by atoms with Crippen LogP contribution in [0, 0.1) is 5.41 Å².